The van der Waals surface area contributed by atoms with E-state index in [1.54, 1.807) is 7.11 Å². The Morgan fingerprint density at radius 1 is 1.44 bits per heavy atom. The predicted octanol–water partition coefficient (Wildman–Crippen LogP) is 3.47. The van der Waals surface area contributed by atoms with Crippen LogP contribution in [0.2, 0.25) is 0 Å². The fraction of sp³-hybridized carbons (Fsp3) is 0.308. The Hall–Kier alpha value is -1.86. The van der Waals surface area contributed by atoms with Crippen LogP contribution < -0.4 is 4.74 Å². The molecule has 0 fully saturated rings. The first-order valence-corrected chi connectivity index (χ1v) is 5.24. The van der Waals surface area contributed by atoms with Gasteiger partial charge in [-0.1, -0.05) is 18.2 Å². The first kappa shape index (κ1) is 12.2. The second-order valence-corrected chi connectivity index (χ2v) is 3.20. The van der Waals surface area contributed by atoms with Gasteiger partial charge in [0.15, 0.2) is 0 Å². The van der Waals surface area contributed by atoms with Crippen LogP contribution in [0.5, 0.6) is 5.75 Å². The Labute approximate surface area is 96.2 Å². The van der Waals surface area contributed by atoms with Gasteiger partial charge in [-0.2, -0.15) is 4.99 Å². The summed E-state index contributed by atoms with van der Waals surface area (Å²) in [5.74, 6) is 0.733. The summed E-state index contributed by atoms with van der Waals surface area (Å²) in [6, 6.07) is 10.2. The summed E-state index contributed by atoms with van der Waals surface area (Å²) in [6.45, 7) is 4.37. The maximum atomic E-state index is 5.15. The molecule has 1 rings (SSSR count). The molecule has 0 N–H and O–H groups in total. The normalized spacial score (nSPS) is 9.06. The topological polar surface area (TPSA) is 34.0 Å². The number of aliphatic imine (C=N–C) groups is 2. The van der Waals surface area contributed by atoms with Crippen molar-refractivity contribution in [2.45, 2.75) is 12.8 Å². The zero-order valence-corrected chi connectivity index (χ0v) is 9.52. The van der Waals surface area contributed by atoms with Gasteiger partial charge in [0.05, 0.1) is 19.7 Å². The predicted molar refractivity (Wildman–Crippen MR) is 66.8 cm³/mol. The van der Waals surface area contributed by atoms with E-state index in [1.807, 2.05) is 30.3 Å². The Bertz CT molecular complexity index is 393. The molecule has 0 aliphatic carbocycles. The van der Waals surface area contributed by atoms with E-state index in [0.29, 0.717) is 0 Å². The van der Waals surface area contributed by atoms with E-state index in [-0.39, 0.29) is 0 Å². The molecule has 16 heavy (non-hydrogen) atoms. The molecular weight excluding hydrogens is 200 g/mol. The van der Waals surface area contributed by atoms with Gasteiger partial charge >= 0.3 is 0 Å². The van der Waals surface area contributed by atoms with Crippen LogP contribution in [0.25, 0.3) is 0 Å². The average Bonchev–Trinajstić information content (AvgIpc) is 2.34. The Morgan fingerprint density at radius 2 is 2.25 bits per heavy atom. The molecule has 0 saturated heterocycles. The Kier molecular flexibility index (Phi) is 5.67. The van der Waals surface area contributed by atoms with E-state index >= 15 is 0 Å². The number of rotatable bonds is 6. The molecule has 0 radical (unpaired) electrons. The minimum atomic E-state index is 0.727. The second kappa shape index (κ2) is 7.43. The summed E-state index contributed by atoms with van der Waals surface area (Å²) in [4.78, 5) is 8.17. The van der Waals surface area contributed by atoms with Crippen LogP contribution in [0.3, 0.4) is 0 Å². The summed E-state index contributed by atoms with van der Waals surface area (Å²) in [6.07, 6.45) is 3.84. The van der Waals surface area contributed by atoms with Crippen molar-refractivity contribution < 1.29 is 4.74 Å². The number of hydrogen-bond donors (Lipinski definition) is 0. The van der Waals surface area contributed by atoms with Crippen molar-refractivity contribution >= 4 is 11.7 Å². The molecule has 0 aliphatic heterocycles. The summed E-state index contributed by atoms with van der Waals surface area (Å²) in [5.41, 5.74) is 0.748. The molecule has 84 valence electrons. The number of benzene rings is 1. The number of ether oxygens (including phenoxy) is 1. The summed E-state index contributed by atoms with van der Waals surface area (Å²) in [5, 5.41) is 0. The minimum Gasteiger partial charge on any atom is -0.494 e. The summed E-state index contributed by atoms with van der Waals surface area (Å²) in [7, 11) is 1.62. The maximum Gasteiger partial charge on any atom is 0.145 e. The van der Waals surface area contributed by atoms with E-state index in [1.165, 1.54) is 0 Å². The van der Waals surface area contributed by atoms with Gasteiger partial charge in [-0.05, 0) is 25.0 Å². The van der Waals surface area contributed by atoms with Crippen LogP contribution in [0.1, 0.15) is 12.8 Å². The van der Waals surface area contributed by atoms with Crippen molar-refractivity contribution in [2.75, 3.05) is 13.7 Å². The van der Waals surface area contributed by atoms with E-state index < -0.39 is 0 Å². The molecule has 0 spiro atoms. The molecule has 0 amide bonds. The van der Waals surface area contributed by atoms with Crippen molar-refractivity contribution in [2.24, 2.45) is 9.98 Å². The molecular formula is C13H16N2O. The maximum absolute atomic E-state index is 5.15. The zero-order valence-electron chi connectivity index (χ0n) is 9.52. The van der Waals surface area contributed by atoms with Crippen LogP contribution in [-0.4, -0.2) is 19.7 Å². The molecule has 0 heterocycles. The zero-order chi connectivity index (χ0) is 11.6. The van der Waals surface area contributed by atoms with Crippen LogP contribution in [0.4, 0.5) is 5.69 Å². The molecule has 3 heteroatoms. The van der Waals surface area contributed by atoms with Crippen molar-refractivity contribution in [1.82, 2.24) is 0 Å². The van der Waals surface area contributed by atoms with Gasteiger partial charge in [0.2, 0.25) is 0 Å². The molecule has 1 aromatic carbocycles. The number of nitrogens with zero attached hydrogens (tertiary/aromatic N) is 2. The van der Waals surface area contributed by atoms with Gasteiger partial charge in [0.25, 0.3) is 0 Å². The summed E-state index contributed by atoms with van der Waals surface area (Å²) >= 11 is 0. The number of unbranched alkanes of at least 4 members (excludes halogenated alkanes) is 1. The molecule has 0 aliphatic rings. The van der Waals surface area contributed by atoms with Gasteiger partial charge in [0, 0.05) is 0 Å². The SMILES string of the molecule is C=CCCCN=C=Nc1ccccc1OC. The van der Waals surface area contributed by atoms with Crippen LogP contribution in [0, 0.1) is 0 Å². The summed E-state index contributed by atoms with van der Waals surface area (Å²) < 4.78 is 5.15. The van der Waals surface area contributed by atoms with Crippen molar-refractivity contribution in [3.05, 3.63) is 36.9 Å². The third-order valence-corrected chi connectivity index (χ3v) is 2.00. The second-order valence-electron chi connectivity index (χ2n) is 3.20. The van der Waals surface area contributed by atoms with Crippen molar-refractivity contribution in [1.29, 1.82) is 0 Å². The monoisotopic (exact) mass is 216 g/mol. The van der Waals surface area contributed by atoms with Gasteiger partial charge < -0.3 is 4.74 Å². The molecule has 0 atom stereocenters. The standard InChI is InChI=1S/C13H16N2O/c1-3-4-7-10-14-11-15-12-8-5-6-9-13(12)16-2/h3,5-6,8-9H,1,4,7,10H2,2H3. The van der Waals surface area contributed by atoms with Gasteiger partial charge in [0.1, 0.15) is 11.4 Å². The van der Waals surface area contributed by atoms with Gasteiger partial charge in [-0.25, -0.2) is 4.99 Å². The smallest absolute Gasteiger partial charge is 0.145 e. The molecule has 0 aromatic heterocycles. The largest absolute Gasteiger partial charge is 0.494 e. The first-order chi connectivity index (χ1) is 7.88. The highest BCUT2D eigenvalue weighted by Crippen LogP contribution is 2.25. The van der Waals surface area contributed by atoms with E-state index in [2.05, 4.69) is 22.6 Å². The van der Waals surface area contributed by atoms with Crippen LogP contribution in [0.15, 0.2) is 46.9 Å². The van der Waals surface area contributed by atoms with Crippen LogP contribution in [-0.2, 0) is 0 Å². The van der Waals surface area contributed by atoms with Gasteiger partial charge in [-0.15, -0.1) is 6.58 Å². The lowest BCUT2D eigenvalue weighted by atomic mass is 10.3. The highest BCUT2D eigenvalue weighted by molar-refractivity contribution is 5.59. The number of para-hydroxylation sites is 2. The third kappa shape index (κ3) is 4.11. The van der Waals surface area contributed by atoms with Gasteiger partial charge in [-0.3, -0.25) is 0 Å². The lowest BCUT2D eigenvalue weighted by molar-refractivity contribution is 0.416. The molecule has 0 bridgehead atoms. The Balaban J connectivity index is 2.57. The average molecular weight is 216 g/mol. The highest BCUT2D eigenvalue weighted by atomic mass is 16.5. The molecule has 1 aromatic rings. The van der Waals surface area contributed by atoms with Crippen LogP contribution >= 0.6 is 0 Å². The number of allylic oxidation sites excluding steroid dienone is 1. The van der Waals surface area contributed by atoms with Crippen molar-refractivity contribution in [3.8, 4) is 5.75 Å². The molecule has 0 saturated carbocycles. The lowest BCUT2D eigenvalue weighted by Gasteiger charge is -2.00. The third-order valence-electron chi connectivity index (χ3n) is 2.00. The lowest BCUT2D eigenvalue weighted by Crippen LogP contribution is -1.82. The fourth-order valence-corrected chi connectivity index (χ4v) is 1.18. The molecule has 3 nitrogen and oxygen atoms in total. The highest BCUT2D eigenvalue weighted by Gasteiger charge is 1.96. The number of hydrogen-bond acceptors (Lipinski definition) is 3. The van der Waals surface area contributed by atoms with E-state index in [0.717, 1.165) is 30.8 Å². The van der Waals surface area contributed by atoms with E-state index in [4.69, 9.17) is 4.74 Å². The fourth-order valence-electron chi connectivity index (χ4n) is 1.18. The minimum absolute atomic E-state index is 0.727. The van der Waals surface area contributed by atoms with E-state index in [9.17, 15) is 0 Å². The number of methoxy groups -OCH3 is 1. The Morgan fingerprint density at radius 3 is 3.00 bits per heavy atom. The molecule has 0 unspecified atom stereocenters. The van der Waals surface area contributed by atoms with Crippen molar-refractivity contribution in [3.63, 3.8) is 0 Å². The quantitative estimate of drug-likeness (QED) is 0.407. The first-order valence-electron chi connectivity index (χ1n) is 5.24.